The van der Waals surface area contributed by atoms with Crippen LogP contribution in [-0.2, 0) is 13.0 Å². The first kappa shape index (κ1) is 13.4. The van der Waals surface area contributed by atoms with Crippen LogP contribution in [0.25, 0.3) is 0 Å². The average Bonchev–Trinajstić information content (AvgIpc) is 2.43. The standard InChI is InChI=1S/C14H20N2OS/c1-16(8-9-18-2)14(17)13-5-3-4-11-10-15-7-6-12(11)13/h3-5,15H,6-10H2,1-2H3. The molecule has 0 aromatic heterocycles. The number of fused-ring (bicyclic) bond motifs is 1. The number of nitrogens with one attached hydrogen (secondary N) is 1. The SMILES string of the molecule is CSCCN(C)C(=O)c1cccc2c1CCNC2. The minimum absolute atomic E-state index is 0.155. The number of carbonyl (C=O) groups is 1. The topological polar surface area (TPSA) is 32.3 Å². The van der Waals surface area contributed by atoms with Gasteiger partial charge in [0.25, 0.3) is 5.91 Å². The Balaban J connectivity index is 2.19. The summed E-state index contributed by atoms with van der Waals surface area (Å²) in [6.45, 7) is 2.65. The van der Waals surface area contributed by atoms with Crippen LogP contribution in [0.3, 0.4) is 0 Å². The zero-order chi connectivity index (χ0) is 13.0. The maximum absolute atomic E-state index is 12.4. The molecule has 0 saturated heterocycles. The average molecular weight is 264 g/mol. The number of thioether (sulfide) groups is 1. The van der Waals surface area contributed by atoms with E-state index >= 15 is 0 Å². The van der Waals surface area contributed by atoms with E-state index in [-0.39, 0.29) is 5.91 Å². The number of amides is 1. The summed E-state index contributed by atoms with van der Waals surface area (Å²) in [4.78, 5) is 14.2. The molecular formula is C14H20N2OS. The first-order valence-corrected chi connectivity index (χ1v) is 7.69. The molecule has 18 heavy (non-hydrogen) atoms. The summed E-state index contributed by atoms with van der Waals surface area (Å²) in [5.74, 6) is 1.14. The molecule has 1 N–H and O–H groups in total. The highest BCUT2D eigenvalue weighted by atomic mass is 32.2. The summed E-state index contributed by atoms with van der Waals surface area (Å²) in [6.07, 6.45) is 3.02. The Morgan fingerprint density at radius 3 is 3.11 bits per heavy atom. The van der Waals surface area contributed by atoms with Crippen molar-refractivity contribution < 1.29 is 4.79 Å². The maximum Gasteiger partial charge on any atom is 0.253 e. The molecule has 0 saturated carbocycles. The fourth-order valence-corrected chi connectivity index (χ4v) is 2.72. The van der Waals surface area contributed by atoms with E-state index in [4.69, 9.17) is 0 Å². The van der Waals surface area contributed by atoms with E-state index in [1.54, 1.807) is 11.8 Å². The zero-order valence-electron chi connectivity index (χ0n) is 11.0. The van der Waals surface area contributed by atoms with E-state index in [0.717, 1.165) is 37.4 Å². The molecule has 0 aliphatic carbocycles. The third kappa shape index (κ3) is 2.87. The summed E-state index contributed by atoms with van der Waals surface area (Å²) >= 11 is 1.77. The smallest absolute Gasteiger partial charge is 0.253 e. The third-order valence-electron chi connectivity index (χ3n) is 3.35. The molecule has 1 aromatic carbocycles. The van der Waals surface area contributed by atoms with Gasteiger partial charge in [0.15, 0.2) is 0 Å². The molecule has 0 radical (unpaired) electrons. The lowest BCUT2D eigenvalue weighted by atomic mass is 9.95. The second kappa shape index (κ2) is 6.25. The first-order valence-electron chi connectivity index (χ1n) is 6.30. The van der Waals surface area contributed by atoms with Crippen molar-refractivity contribution in [3.8, 4) is 0 Å². The van der Waals surface area contributed by atoms with Crippen molar-refractivity contribution in [1.82, 2.24) is 10.2 Å². The van der Waals surface area contributed by atoms with Crippen LogP contribution in [0.4, 0.5) is 0 Å². The number of nitrogens with zero attached hydrogens (tertiary/aromatic N) is 1. The van der Waals surface area contributed by atoms with Gasteiger partial charge in [0.1, 0.15) is 0 Å². The fourth-order valence-electron chi connectivity index (χ4n) is 2.27. The lowest BCUT2D eigenvalue weighted by molar-refractivity contribution is 0.0802. The van der Waals surface area contributed by atoms with Gasteiger partial charge in [0.05, 0.1) is 0 Å². The first-order chi connectivity index (χ1) is 8.74. The van der Waals surface area contributed by atoms with Gasteiger partial charge < -0.3 is 10.2 Å². The Labute approximate surface area is 113 Å². The molecule has 3 nitrogen and oxygen atoms in total. The van der Waals surface area contributed by atoms with Crippen molar-refractivity contribution in [2.45, 2.75) is 13.0 Å². The van der Waals surface area contributed by atoms with Crippen LogP contribution in [-0.4, -0.2) is 43.0 Å². The normalized spacial score (nSPS) is 14.1. The van der Waals surface area contributed by atoms with Gasteiger partial charge in [-0.1, -0.05) is 12.1 Å². The quantitative estimate of drug-likeness (QED) is 0.899. The lowest BCUT2D eigenvalue weighted by Crippen LogP contribution is -2.32. The molecule has 1 aliphatic rings. The largest absolute Gasteiger partial charge is 0.341 e. The Morgan fingerprint density at radius 2 is 2.33 bits per heavy atom. The van der Waals surface area contributed by atoms with E-state index in [1.165, 1.54) is 11.1 Å². The van der Waals surface area contributed by atoms with Crippen LogP contribution in [0.1, 0.15) is 21.5 Å². The number of benzene rings is 1. The third-order valence-corrected chi connectivity index (χ3v) is 3.94. The summed E-state index contributed by atoms with van der Waals surface area (Å²) in [5.41, 5.74) is 3.39. The van der Waals surface area contributed by atoms with Gasteiger partial charge in [0, 0.05) is 31.5 Å². The van der Waals surface area contributed by atoms with Crippen LogP contribution in [0.2, 0.25) is 0 Å². The molecule has 1 aliphatic heterocycles. The second-order valence-corrected chi connectivity index (χ2v) is 5.58. The van der Waals surface area contributed by atoms with Gasteiger partial charge in [-0.15, -0.1) is 0 Å². The van der Waals surface area contributed by atoms with Crippen molar-refractivity contribution in [2.24, 2.45) is 0 Å². The number of hydrogen-bond acceptors (Lipinski definition) is 3. The molecule has 0 atom stereocenters. The predicted molar refractivity (Wildman–Crippen MR) is 77.2 cm³/mol. The zero-order valence-corrected chi connectivity index (χ0v) is 11.8. The highest BCUT2D eigenvalue weighted by Crippen LogP contribution is 2.20. The van der Waals surface area contributed by atoms with E-state index in [2.05, 4.69) is 17.6 Å². The van der Waals surface area contributed by atoms with E-state index in [1.807, 2.05) is 24.1 Å². The molecule has 1 aromatic rings. The van der Waals surface area contributed by atoms with Crippen molar-refractivity contribution in [3.63, 3.8) is 0 Å². The molecule has 0 spiro atoms. The maximum atomic E-state index is 12.4. The second-order valence-electron chi connectivity index (χ2n) is 4.59. The monoisotopic (exact) mass is 264 g/mol. The van der Waals surface area contributed by atoms with Crippen LogP contribution < -0.4 is 5.32 Å². The van der Waals surface area contributed by atoms with Crippen LogP contribution in [0, 0.1) is 0 Å². The van der Waals surface area contributed by atoms with Crippen molar-refractivity contribution in [1.29, 1.82) is 0 Å². The molecule has 1 heterocycles. The van der Waals surface area contributed by atoms with Crippen molar-refractivity contribution in [2.75, 3.05) is 32.1 Å². The summed E-state index contributed by atoms with van der Waals surface area (Å²) in [7, 11) is 1.89. The Morgan fingerprint density at radius 1 is 1.50 bits per heavy atom. The van der Waals surface area contributed by atoms with Crippen LogP contribution in [0.5, 0.6) is 0 Å². The molecule has 1 amide bonds. The van der Waals surface area contributed by atoms with E-state index in [9.17, 15) is 4.79 Å². The van der Waals surface area contributed by atoms with Gasteiger partial charge in [-0.05, 0) is 36.4 Å². The lowest BCUT2D eigenvalue weighted by Gasteiger charge is -2.23. The van der Waals surface area contributed by atoms with Gasteiger partial charge in [-0.25, -0.2) is 0 Å². The number of hydrogen-bond donors (Lipinski definition) is 1. The molecule has 4 heteroatoms. The van der Waals surface area contributed by atoms with Crippen molar-refractivity contribution >= 4 is 17.7 Å². The van der Waals surface area contributed by atoms with E-state index in [0.29, 0.717) is 0 Å². The molecular weight excluding hydrogens is 244 g/mol. The molecule has 0 fully saturated rings. The van der Waals surface area contributed by atoms with E-state index < -0.39 is 0 Å². The van der Waals surface area contributed by atoms with Gasteiger partial charge in [-0.2, -0.15) is 11.8 Å². The fraction of sp³-hybridized carbons (Fsp3) is 0.500. The predicted octanol–water partition coefficient (Wildman–Crippen LogP) is 1.77. The molecule has 98 valence electrons. The highest BCUT2D eigenvalue weighted by Gasteiger charge is 2.19. The Kier molecular flexibility index (Phi) is 4.66. The van der Waals surface area contributed by atoms with Crippen LogP contribution >= 0.6 is 11.8 Å². The van der Waals surface area contributed by atoms with Gasteiger partial charge >= 0.3 is 0 Å². The highest BCUT2D eigenvalue weighted by molar-refractivity contribution is 7.98. The molecule has 0 unspecified atom stereocenters. The van der Waals surface area contributed by atoms with Gasteiger partial charge in [-0.3, -0.25) is 4.79 Å². The number of rotatable bonds is 4. The van der Waals surface area contributed by atoms with Gasteiger partial charge in [0.2, 0.25) is 0 Å². The summed E-state index contributed by atoms with van der Waals surface area (Å²) < 4.78 is 0. The van der Waals surface area contributed by atoms with Crippen molar-refractivity contribution in [3.05, 3.63) is 34.9 Å². The van der Waals surface area contributed by atoms with Crippen LogP contribution in [0.15, 0.2) is 18.2 Å². The summed E-state index contributed by atoms with van der Waals surface area (Å²) in [6, 6.07) is 6.06. The Hall–Kier alpha value is -1.00. The molecule has 0 bridgehead atoms. The minimum atomic E-state index is 0.155. The summed E-state index contributed by atoms with van der Waals surface area (Å²) in [5, 5.41) is 3.34. The Bertz CT molecular complexity index is 434. The number of carbonyl (C=O) groups excluding carboxylic acids is 1. The molecule has 2 rings (SSSR count). The minimum Gasteiger partial charge on any atom is -0.341 e.